The van der Waals surface area contributed by atoms with Gasteiger partial charge in [-0.15, -0.1) is 0 Å². The van der Waals surface area contributed by atoms with Crippen molar-refractivity contribution in [2.24, 2.45) is 0 Å². The van der Waals surface area contributed by atoms with E-state index >= 15 is 0 Å². The molecule has 1 aromatic heterocycles. The van der Waals surface area contributed by atoms with Crippen molar-refractivity contribution in [1.82, 2.24) is 4.57 Å². The number of carboxylic acids is 1. The van der Waals surface area contributed by atoms with Crippen LogP contribution in [0, 0.1) is 6.92 Å². The molecule has 1 unspecified atom stereocenters. The standard InChI is InChI=1S/C19H23NO3/c1-3-4-10-17(19(22)23)20-13-14(2)11-16(18(20)21)12-15-8-6-5-7-9-15/h5-9,11,13,17H,3-4,10,12H2,1-2H3,(H,22,23). The lowest BCUT2D eigenvalue weighted by molar-refractivity contribution is -0.141. The Morgan fingerprint density at radius 2 is 1.96 bits per heavy atom. The lowest BCUT2D eigenvalue weighted by Gasteiger charge is -2.17. The molecule has 4 nitrogen and oxygen atoms in total. The quantitative estimate of drug-likeness (QED) is 0.850. The van der Waals surface area contributed by atoms with Gasteiger partial charge in [-0.3, -0.25) is 4.79 Å². The van der Waals surface area contributed by atoms with Crippen LogP contribution >= 0.6 is 0 Å². The highest BCUT2D eigenvalue weighted by Gasteiger charge is 2.21. The molecule has 2 rings (SSSR count). The molecule has 0 aliphatic heterocycles. The summed E-state index contributed by atoms with van der Waals surface area (Å²) in [6.45, 7) is 3.90. The monoisotopic (exact) mass is 313 g/mol. The van der Waals surface area contributed by atoms with Gasteiger partial charge >= 0.3 is 5.97 Å². The molecule has 0 spiro atoms. The highest BCUT2D eigenvalue weighted by Crippen LogP contribution is 2.16. The minimum atomic E-state index is -0.947. The number of hydrogen-bond acceptors (Lipinski definition) is 2. The third kappa shape index (κ3) is 4.31. The molecule has 1 heterocycles. The van der Waals surface area contributed by atoms with Crippen LogP contribution < -0.4 is 5.56 Å². The molecular weight excluding hydrogens is 290 g/mol. The molecule has 1 aromatic carbocycles. The van der Waals surface area contributed by atoms with Crippen molar-refractivity contribution in [1.29, 1.82) is 0 Å². The Hall–Kier alpha value is -2.36. The topological polar surface area (TPSA) is 59.3 Å². The van der Waals surface area contributed by atoms with Crippen molar-refractivity contribution in [2.45, 2.75) is 45.6 Å². The minimum absolute atomic E-state index is 0.206. The number of benzene rings is 1. The van der Waals surface area contributed by atoms with Crippen LogP contribution in [0.15, 0.2) is 47.4 Å². The summed E-state index contributed by atoms with van der Waals surface area (Å²) in [7, 11) is 0. The van der Waals surface area contributed by atoms with Gasteiger partial charge in [-0.05, 0) is 30.5 Å². The maximum Gasteiger partial charge on any atom is 0.326 e. The highest BCUT2D eigenvalue weighted by molar-refractivity contribution is 5.71. The summed E-state index contributed by atoms with van der Waals surface area (Å²) in [6.07, 6.45) is 4.33. The lowest BCUT2D eigenvalue weighted by Crippen LogP contribution is -2.32. The van der Waals surface area contributed by atoms with E-state index in [9.17, 15) is 14.7 Å². The van der Waals surface area contributed by atoms with Gasteiger partial charge in [-0.25, -0.2) is 4.79 Å². The molecule has 122 valence electrons. The maximum absolute atomic E-state index is 12.7. The van der Waals surface area contributed by atoms with E-state index in [1.165, 1.54) is 4.57 Å². The predicted molar refractivity (Wildman–Crippen MR) is 90.9 cm³/mol. The van der Waals surface area contributed by atoms with Crippen LogP contribution in [0.5, 0.6) is 0 Å². The van der Waals surface area contributed by atoms with Gasteiger partial charge in [0.25, 0.3) is 5.56 Å². The third-order valence-corrected chi connectivity index (χ3v) is 3.94. The van der Waals surface area contributed by atoms with Crippen molar-refractivity contribution >= 4 is 5.97 Å². The van der Waals surface area contributed by atoms with E-state index in [1.54, 1.807) is 6.20 Å². The molecule has 2 aromatic rings. The summed E-state index contributed by atoms with van der Waals surface area (Å²) in [5.74, 6) is -0.947. The van der Waals surface area contributed by atoms with Gasteiger partial charge in [-0.2, -0.15) is 0 Å². The molecule has 0 aliphatic carbocycles. The molecule has 1 N–H and O–H groups in total. The second kappa shape index (κ2) is 7.77. The lowest BCUT2D eigenvalue weighted by atomic mass is 10.0. The van der Waals surface area contributed by atoms with E-state index in [4.69, 9.17) is 0 Å². The van der Waals surface area contributed by atoms with Crippen molar-refractivity contribution < 1.29 is 9.90 Å². The Balaban J connectivity index is 2.41. The van der Waals surface area contributed by atoms with E-state index in [0.717, 1.165) is 24.0 Å². The van der Waals surface area contributed by atoms with Crippen molar-refractivity contribution in [3.8, 4) is 0 Å². The normalized spacial score (nSPS) is 12.1. The number of nitrogens with zero attached hydrogens (tertiary/aromatic N) is 1. The summed E-state index contributed by atoms with van der Waals surface area (Å²) in [6, 6.07) is 10.8. The van der Waals surface area contributed by atoms with Gasteiger partial charge in [0.05, 0.1) is 0 Å². The zero-order valence-corrected chi connectivity index (χ0v) is 13.7. The number of unbranched alkanes of at least 4 members (excludes halogenated alkanes) is 1. The van der Waals surface area contributed by atoms with Crippen LogP contribution in [-0.2, 0) is 11.2 Å². The van der Waals surface area contributed by atoms with Gasteiger partial charge in [0.15, 0.2) is 0 Å². The maximum atomic E-state index is 12.7. The molecule has 0 saturated carbocycles. The summed E-state index contributed by atoms with van der Waals surface area (Å²) in [4.78, 5) is 24.3. The fourth-order valence-electron chi connectivity index (χ4n) is 2.77. The average Bonchev–Trinajstić information content (AvgIpc) is 2.52. The number of hydrogen-bond donors (Lipinski definition) is 1. The summed E-state index contributed by atoms with van der Waals surface area (Å²) >= 11 is 0. The van der Waals surface area contributed by atoms with Crippen LogP contribution in [0.1, 0.15) is 48.9 Å². The Bertz CT molecular complexity index is 719. The Morgan fingerprint density at radius 3 is 2.57 bits per heavy atom. The SMILES string of the molecule is CCCCC(C(=O)O)n1cc(C)cc(Cc2ccccc2)c1=O. The summed E-state index contributed by atoms with van der Waals surface area (Å²) in [5, 5.41) is 9.49. The van der Waals surface area contributed by atoms with Gasteiger partial charge in [-0.1, -0.05) is 50.1 Å². The average molecular weight is 313 g/mol. The molecule has 4 heteroatoms. The number of rotatable bonds is 7. The molecule has 0 fully saturated rings. The van der Waals surface area contributed by atoms with Crippen LogP contribution in [0.4, 0.5) is 0 Å². The van der Waals surface area contributed by atoms with Gasteiger partial charge in [0, 0.05) is 18.2 Å². The van der Waals surface area contributed by atoms with E-state index < -0.39 is 12.0 Å². The fraction of sp³-hybridized carbons (Fsp3) is 0.368. The van der Waals surface area contributed by atoms with Crippen LogP contribution in [0.2, 0.25) is 0 Å². The molecule has 23 heavy (non-hydrogen) atoms. The molecule has 0 radical (unpaired) electrons. The largest absolute Gasteiger partial charge is 0.480 e. The van der Waals surface area contributed by atoms with Crippen LogP contribution in [-0.4, -0.2) is 15.6 Å². The zero-order chi connectivity index (χ0) is 16.8. The minimum Gasteiger partial charge on any atom is -0.480 e. The molecule has 0 amide bonds. The predicted octanol–water partition coefficient (Wildman–Crippen LogP) is 3.56. The first-order valence-electron chi connectivity index (χ1n) is 8.01. The van der Waals surface area contributed by atoms with Gasteiger partial charge < -0.3 is 9.67 Å². The Kier molecular flexibility index (Phi) is 5.74. The Labute approximate surface area is 136 Å². The fourth-order valence-corrected chi connectivity index (χ4v) is 2.77. The van der Waals surface area contributed by atoms with E-state index in [-0.39, 0.29) is 5.56 Å². The highest BCUT2D eigenvalue weighted by atomic mass is 16.4. The van der Waals surface area contributed by atoms with Crippen molar-refractivity contribution in [2.75, 3.05) is 0 Å². The second-order valence-corrected chi connectivity index (χ2v) is 5.91. The molecular formula is C19H23NO3. The second-order valence-electron chi connectivity index (χ2n) is 5.91. The molecule has 0 bridgehead atoms. The first-order valence-corrected chi connectivity index (χ1v) is 8.01. The summed E-state index contributed by atoms with van der Waals surface area (Å²) in [5.41, 5.74) is 2.38. The van der Waals surface area contributed by atoms with Crippen molar-refractivity contribution in [3.63, 3.8) is 0 Å². The Morgan fingerprint density at radius 1 is 1.26 bits per heavy atom. The summed E-state index contributed by atoms with van der Waals surface area (Å²) < 4.78 is 1.39. The number of carbonyl (C=O) groups is 1. The number of carboxylic acid groups (broad SMARTS) is 1. The number of aryl methyl sites for hydroxylation is 1. The van der Waals surface area contributed by atoms with E-state index in [2.05, 4.69) is 0 Å². The zero-order valence-electron chi connectivity index (χ0n) is 13.7. The first-order chi connectivity index (χ1) is 11.0. The molecule has 0 aliphatic rings. The number of aromatic nitrogens is 1. The van der Waals surface area contributed by atoms with Gasteiger partial charge in [0.2, 0.25) is 0 Å². The smallest absolute Gasteiger partial charge is 0.326 e. The van der Waals surface area contributed by atoms with Gasteiger partial charge in [0.1, 0.15) is 6.04 Å². The van der Waals surface area contributed by atoms with E-state index in [1.807, 2.05) is 50.2 Å². The number of aliphatic carboxylic acids is 1. The van der Waals surface area contributed by atoms with E-state index in [0.29, 0.717) is 18.4 Å². The van der Waals surface area contributed by atoms with Crippen LogP contribution in [0.25, 0.3) is 0 Å². The van der Waals surface area contributed by atoms with Crippen molar-refractivity contribution in [3.05, 3.63) is 69.6 Å². The first kappa shape index (κ1) is 17.0. The molecule has 0 saturated heterocycles. The third-order valence-electron chi connectivity index (χ3n) is 3.94. The van der Waals surface area contributed by atoms with Crippen LogP contribution in [0.3, 0.4) is 0 Å². The number of pyridine rings is 1. The molecule has 1 atom stereocenters.